The average Bonchev–Trinajstić information content (AvgIpc) is 3.20. The van der Waals surface area contributed by atoms with Crippen LogP contribution in [0.4, 0.5) is 27.6 Å². The van der Waals surface area contributed by atoms with Gasteiger partial charge in [0.15, 0.2) is 17.7 Å². The highest BCUT2D eigenvalue weighted by molar-refractivity contribution is 7.99. The number of amides is 1. The number of rotatable bonds is 5. The van der Waals surface area contributed by atoms with Gasteiger partial charge < -0.3 is 10.2 Å². The number of aromatic nitrogens is 1. The summed E-state index contributed by atoms with van der Waals surface area (Å²) in [6, 6.07) is 2.99. The molecule has 1 aliphatic carbocycles. The number of benzene rings is 1. The Hall–Kier alpha value is -2.36. The molecular formula is C23H24F5N3OS. The van der Waals surface area contributed by atoms with Crippen LogP contribution < -0.4 is 5.32 Å². The minimum absolute atomic E-state index is 0.226. The molecule has 0 bridgehead atoms. The van der Waals surface area contributed by atoms with Gasteiger partial charge in [-0.1, -0.05) is 6.07 Å². The molecule has 2 unspecified atom stereocenters. The van der Waals surface area contributed by atoms with E-state index < -0.39 is 35.7 Å². The van der Waals surface area contributed by atoms with Gasteiger partial charge in [0.1, 0.15) is 0 Å². The summed E-state index contributed by atoms with van der Waals surface area (Å²) in [5.41, 5.74) is 1.22. The Labute approximate surface area is 192 Å². The van der Waals surface area contributed by atoms with E-state index in [9.17, 15) is 26.7 Å². The second-order valence-electron chi connectivity index (χ2n) is 8.50. The molecule has 33 heavy (non-hydrogen) atoms. The Kier molecular flexibility index (Phi) is 6.83. The van der Waals surface area contributed by atoms with Gasteiger partial charge in [0.05, 0.1) is 17.6 Å². The van der Waals surface area contributed by atoms with Gasteiger partial charge in [-0.2, -0.15) is 24.9 Å². The van der Waals surface area contributed by atoms with Gasteiger partial charge in [-0.15, -0.1) is 0 Å². The number of thioether (sulfide) groups is 1. The van der Waals surface area contributed by atoms with Crippen molar-refractivity contribution in [2.24, 2.45) is 5.92 Å². The molecule has 10 heteroatoms. The third-order valence-electron chi connectivity index (χ3n) is 6.26. The maximum atomic E-state index is 14.0. The molecule has 4 nitrogen and oxygen atoms in total. The number of hydrogen-bond donors (Lipinski definition) is 1. The Balaban J connectivity index is 1.47. The van der Waals surface area contributed by atoms with E-state index in [0.29, 0.717) is 36.1 Å². The maximum absolute atomic E-state index is 14.0. The summed E-state index contributed by atoms with van der Waals surface area (Å²) >= 11 is 1.70. The van der Waals surface area contributed by atoms with Gasteiger partial charge in [0.2, 0.25) is 5.91 Å². The molecule has 1 amide bonds. The molecule has 1 aromatic carbocycles. The number of nitrogens with one attached hydrogen (secondary N) is 1. The third kappa shape index (κ3) is 5.10. The van der Waals surface area contributed by atoms with E-state index in [-0.39, 0.29) is 18.2 Å². The normalized spacial score (nSPS) is 19.8. The fraction of sp³-hybridized carbons (Fsp3) is 0.478. The zero-order chi connectivity index (χ0) is 23.8. The quantitative estimate of drug-likeness (QED) is 0.596. The molecule has 0 saturated carbocycles. The van der Waals surface area contributed by atoms with Crippen LogP contribution in [0.15, 0.2) is 30.5 Å². The van der Waals surface area contributed by atoms with Crippen LogP contribution in [-0.4, -0.2) is 46.6 Å². The minimum Gasteiger partial charge on any atom is -0.380 e. The number of hydrogen-bond acceptors (Lipinski definition) is 4. The highest BCUT2D eigenvalue weighted by atomic mass is 32.2. The minimum atomic E-state index is -4.68. The molecule has 4 rings (SSSR count). The fourth-order valence-electron chi connectivity index (χ4n) is 4.56. The summed E-state index contributed by atoms with van der Waals surface area (Å²) in [5.74, 6) is -1.15. The van der Waals surface area contributed by atoms with Crippen LogP contribution in [0.5, 0.6) is 0 Å². The number of halogens is 5. The number of nitrogens with zero attached hydrogens (tertiary/aromatic N) is 2. The second kappa shape index (κ2) is 9.48. The number of carbonyl (C=O) groups excluding carboxylic acids is 1. The first-order chi connectivity index (χ1) is 15.6. The molecule has 1 saturated heterocycles. The monoisotopic (exact) mass is 485 g/mol. The van der Waals surface area contributed by atoms with Crippen molar-refractivity contribution in [3.8, 4) is 0 Å². The van der Waals surface area contributed by atoms with E-state index >= 15 is 0 Å². The van der Waals surface area contributed by atoms with E-state index in [1.165, 1.54) is 25.4 Å². The molecule has 2 aromatic rings. The van der Waals surface area contributed by atoms with Crippen molar-refractivity contribution in [1.29, 1.82) is 0 Å². The van der Waals surface area contributed by atoms with Crippen LogP contribution in [-0.2, 0) is 17.6 Å². The van der Waals surface area contributed by atoms with E-state index in [1.54, 1.807) is 17.8 Å². The predicted molar refractivity (Wildman–Crippen MR) is 117 cm³/mol. The van der Waals surface area contributed by atoms with Crippen molar-refractivity contribution in [1.82, 2.24) is 9.88 Å². The fourth-order valence-corrected chi connectivity index (χ4v) is 5.67. The third-order valence-corrected chi connectivity index (χ3v) is 7.31. The first kappa shape index (κ1) is 23.8. The molecule has 0 radical (unpaired) electrons. The van der Waals surface area contributed by atoms with Crippen molar-refractivity contribution >= 4 is 23.4 Å². The standard InChI is InChI=1S/C23H24F5N3OS/c1-31(22(32)13-6-8-33-9-7-13)21(23(26,27)28)19-5-3-15(12-29-19)30-16-10-14-2-4-18(24)20(25)17(14)11-16/h2-5,12-13,16,21,30H,6-11H2,1H3. The highest BCUT2D eigenvalue weighted by Crippen LogP contribution is 2.38. The van der Waals surface area contributed by atoms with Crippen LogP contribution >= 0.6 is 11.8 Å². The number of pyridine rings is 1. The van der Waals surface area contributed by atoms with Crippen molar-refractivity contribution in [3.05, 3.63) is 58.9 Å². The summed E-state index contributed by atoms with van der Waals surface area (Å²) in [6.07, 6.45) is -1.51. The first-order valence-electron chi connectivity index (χ1n) is 10.7. The van der Waals surface area contributed by atoms with Gasteiger partial charge in [-0.3, -0.25) is 9.78 Å². The molecule has 2 heterocycles. The molecule has 178 valence electrons. The zero-order valence-corrected chi connectivity index (χ0v) is 18.8. The molecule has 2 aliphatic rings. The molecule has 2 atom stereocenters. The van der Waals surface area contributed by atoms with Crippen molar-refractivity contribution in [3.63, 3.8) is 0 Å². The Morgan fingerprint density at radius 1 is 1.15 bits per heavy atom. The van der Waals surface area contributed by atoms with Crippen LogP contribution in [0.3, 0.4) is 0 Å². The lowest BCUT2D eigenvalue weighted by Crippen LogP contribution is -2.43. The molecule has 1 aliphatic heterocycles. The SMILES string of the molecule is CN(C(=O)C1CCSCC1)C(c1ccc(NC2Cc3ccc(F)c(F)c3C2)cn1)C(F)(F)F. The first-order valence-corrected chi connectivity index (χ1v) is 11.9. The summed E-state index contributed by atoms with van der Waals surface area (Å²) < 4.78 is 69.2. The van der Waals surface area contributed by atoms with E-state index in [0.717, 1.165) is 22.5 Å². The molecular weight excluding hydrogens is 461 g/mol. The van der Waals surface area contributed by atoms with E-state index in [4.69, 9.17) is 0 Å². The summed E-state index contributed by atoms with van der Waals surface area (Å²) in [7, 11) is 1.18. The second-order valence-corrected chi connectivity index (χ2v) is 9.72. The Morgan fingerprint density at radius 3 is 2.52 bits per heavy atom. The van der Waals surface area contributed by atoms with Gasteiger partial charge in [0, 0.05) is 19.0 Å². The topological polar surface area (TPSA) is 45.2 Å². The largest absolute Gasteiger partial charge is 0.414 e. The van der Waals surface area contributed by atoms with Crippen molar-refractivity contribution in [2.45, 2.75) is 43.9 Å². The lowest BCUT2D eigenvalue weighted by atomic mass is 9.99. The van der Waals surface area contributed by atoms with Gasteiger partial charge in [-0.25, -0.2) is 8.78 Å². The van der Waals surface area contributed by atoms with Crippen LogP contribution in [0.2, 0.25) is 0 Å². The van der Waals surface area contributed by atoms with Gasteiger partial charge in [0.25, 0.3) is 0 Å². The van der Waals surface area contributed by atoms with Crippen LogP contribution in [0.1, 0.15) is 35.7 Å². The van der Waals surface area contributed by atoms with Crippen molar-refractivity contribution < 1.29 is 26.7 Å². The number of anilines is 1. The van der Waals surface area contributed by atoms with Gasteiger partial charge in [-0.05, 0) is 66.5 Å². The Bertz CT molecular complexity index is 1010. The van der Waals surface area contributed by atoms with E-state index in [2.05, 4.69) is 10.3 Å². The lowest BCUT2D eigenvalue weighted by molar-refractivity contribution is -0.191. The van der Waals surface area contributed by atoms with E-state index in [1.807, 2.05) is 0 Å². The van der Waals surface area contributed by atoms with Crippen LogP contribution in [0.25, 0.3) is 0 Å². The zero-order valence-electron chi connectivity index (χ0n) is 18.0. The number of fused-ring (bicyclic) bond motifs is 1. The molecule has 0 spiro atoms. The average molecular weight is 486 g/mol. The summed E-state index contributed by atoms with van der Waals surface area (Å²) in [5, 5.41) is 3.13. The Morgan fingerprint density at radius 2 is 1.88 bits per heavy atom. The summed E-state index contributed by atoms with van der Waals surface area (Å²) in [6.45, 7) is 0. The van der Waals surface area contributed by atoms with Crippen molar-refractivity contribution in [2.75, 3.05) is 23.9 Å². The lowest BCUT2D eigenvalue weighted by Gasteiger charge is -2.33. The smallest absolute Gasteiger partial charge is 0.380 e. The molecule has 1 N–H and O–H groups in total. The van der Waals surface area contributed by atoms with Crippen LogP contribution in [0, 0.1) is 17.6 Å². The predicted octanol–water partition coefficient (Wildman–Crippen LogP) is 5.14. The highest BCUT2D eigenvalue weighted by Gasteiger charge is 2.47. The number of alkyl halides is 3. The molecule has 1 aromatic heterocycles. The maximum Gasteiger partial charge on any atom is 0.414 e. The summed E-state index contributed by atoms with van der Waals surface area (Å²) in [4.78, 5) is 17.5. The number of carbonyl (C=O) groups is 1. The van der Waals surface area contributed by atoms with Gasteiger partial charge >= 0.3 is 6.18 Å². The molecule has 1 fully saturated rings.